The summed E-state index contributed by atoms with van der Waals surface area (Å²) in [5.74, 6) is 0.294. The molecule has 30 heavy (non-hydrogen) atoms. The van der Waals surface area contributed by atoms with Crippen molar-refractivity contribution in [3.05, 3.63) is 75.3 Å². The van der Waals surface area contributed by atoms with E-state index in [4.69, 9.17) is 11.6 Å². The molecule has 0 bridgehead atoms. The Morgan fingerprint density at radius 3 is 2.57 bits per heavy atom. The van der Waals surface area contributed by atoms with Crippen LogP contribution in [0.25, 0.3) is 17.0 Å². The number of nitrogens with one attached hydrogen (secondary N) is 1. The zero-order valence-corrected chi connectivity index (χ0v) is 18.1. The molecule has 3 rings (SSSR count). The molecule has 0 fully saturated rings. The van der Waals surface area contributed by atoms with E-state index in [2.05, 4.69) is 9.97 Å². The number of anilines is 1. The number of benzene rings is 2. The predicted molar refractivity (Wildman–Crippen MR) is 123 cm³/mol. The van der Waals surface area contributed by atoms with Crippen LogP contribution < -0.4 is 10.5 Å². The maximum atomic E-state index is 12.8. The van der Waals surface area contributed by atoms with Crippen LogP contribution in [0.4, 0.5) is 5.69 Å². The van der Waals surface area contributed by atoms with Gasteiger partial charge in [-0.1, -0.05) is 30.7 Å². The molecule has 3 aromatic rings. The zero-order chi connectivity index (χ0) is 21.7. The molecule has 0 spiro atoms. The standard InChI is InChI=1S/C23H25ClN4O2/c1-4-13-28(22(29)12-7-16-5-9-18(10-6-16)27(2)3)15-21-25-20-14-17(24)8-11-19(20)23(30)26-21/h5-12,14H,4,13,15H2,1-3H3,(H,25,26,30)/b12-7+. The summed E-state index contributed by atoms with van der Waals surface area (Å²) in [6.45, 7) is 2.77. The fourth-order valence-corrected chi connectivity index (χ4v) is 3.28. The molecule has 6 nitrogen and oxygen atoms in total. The minimum absolute atomic E-state index is 0.137. The second-order valence-corrected chi connectivity index (χ2v) is 7.69. The third-order valence-corrected chi connectivity index (χ3v) is 4.93. The summed E-state index contributed by atoms with van der Waals surface area (Å²) >= 11 is 6.03. The normalized spacial score (nSPS) is 11.2. The monoisotopic (exact) mass is 424 g/mol. The number of carbonyl (C=O) groups excluding carboxylic acids is 1. The van der Waals surface area contributed by atoms with Crippen LogP contribution >= 0.6 is 11.6 Å². The number of carbonyl (C=O) groups is 1. The van der Waals surface area contributed by atoms with Crippen molar-refractivity contribution in [2.24, 2.45) is 0 Å². The molecule has 0 saturated carbocycles. The summed E-state index contributed by atoms with van der Waals surface area (Å²) in [7, 11) is 3.96. The van der Waals surface area contributed by atoms with Crippen LogP contribution in [0.3, 0.4) is 0 Å². The van der Waals surface area contributed by atoms with E-state index in [0.29, 0.717) is 28.3 Å². The first-order valence-electron chi connectivity index (χ1n) is 9.80. The van der Waals surface area contributed by atoms with Gasteiger partial charge in [0, 0.05) is 37.4 Å². The number of nitrogens with zero attached hydrogens (tertiary/aromatic N) is 3. The molecule has 7 heteroatoms. The summed E-state index contributed by atoms with van der Waals surface area (Å²) in [5.41, 5.74) is 2.31. The van der Waals surface area contributed by atoms with Crippen molar-refractivity contribution in [1.29, 1.82) is 0 Å². The summed E-state index contributed by atoms with van der Waals surface area (Å²) < 4.78 is 0. The minimum Gasteiger partial charge on any atom is -0.378 e. The molecule has 0 aliphatic heterocycles. The first kappa shape index (κ1) is 21.6. The molecule has 1 aromatic heterocycles. The summed E-state index contributed by atoms with van der Waals surface area (Å²) in [6, 6.07) is 12.9. The van der Waals surface area contributed by atoms with Gasteiger partial charge in [-0.25, -0.2) is 4.98 Å². The van der Waals surface area contributed by atoms with Crippen LogP contribution in [0.15, 0.2) is 53.3 Å². The van der Waals surface area contributed by atoms with Gasteiger partial charge in [0.05, 0.1) is 17.4 Å². The molecular formula is C23H25ClN4O2. The maximum Gasteiger partial charge on any atom is 0.258 e. The Balaban J connectivity index is 1.79. The molecular weight excluding hydrogens is 400 g/mol. The van der Waals surface area contributed by atoms with E-state index >= 15 is 0 Å². The Kier molecular flexibility index (Phi) is 6.90. The predicted octanol–water partition coefficient (Wildman–Crippen LogP) is 4.09. The largest absolute Gasteiger partial charge is 0.378 e. The second kappa shape index (κ2) is 9.59. The van der Waals surface area contributed by atoms with Gasteiger partial charge >= 0.3 is 0 Å². The molecule has 0 atom stereocenters. The topological polar surface area (TPSA) is 69.3 Å². The van der Waals surface area contributed by atoms with E-state index in [9.17, 15) is 9.59 Å². The van der Waals surface area contributed by atoms with Crippen LogP contribution in [0.1, 0.15) is 24.7 Å². The van der Waals surface area contributed by atoms with Crippen LogP contribution in [0, 0.1) is 0 Å². The van der Waals surface area contributed by atoms with Gasteiger partial charge in [0.2, 0.25) is 5.91 Å². The molecule has 0 unspecified atom stereocenters. The molecule has 1 N–H and O–H groups in total. The first-order chi connectivity index (χ1) is 14.4. The summed E-state index contributed by atoms with van der Waals surface area (Å²) in [4.78, 5) is 36.1. The van der Waals surface area contributed by atoms with Crippen molar-refractivity contribution in [3.63, 3.8) is 0 Å². The Labute approximate surface area is 180 Å². The molecule has 0 saturated heterocycles. The summed E-state index contributed by atoms with van der Waals surface area (Å²) in [6.07, 6.45) is 4.14. The number of H-pyrrole nitrogens is 1. The lowest BCUT2D eigenvalue weighted by Crippen LogP contribution is -2.31. The average molecular weight is 425 g/mol. The molecule has 0 aliphatic rings. The van der Waals surface area contributed by atoms with Crippen molar-refractivity contribution in [3.8, 4) is 0 Å². The zero-order valence-electron chi connectivity index (χ0n) is 17.4. The van der Waals surface area contributed by atoms with Crippen molar-refractivity contribution in [2.75, 3.05) is 25.5 Å². The highest BCUT2D eigenvalue weighted by molar-refractivity contribution is 6.31. The third-order valence-electron chi connectivity index (χ3n) is 4.69. The highest BCUT2D eigenvalue weighted by Crippen LogP contribution is 2.16. The minimum atomic E-state index is -0.243. The van der Waals surface area contributed by atoms with Gasteiger partial charge in [0.1, 0.15) is 5.82 Å². The highest BCUT2D eigenvalue weighted by Gasteiger charge is 2.13. The number of aromatic amines is 1. The van der Waals surface area contributed by atoms with Gasteiger partial charge < -0.3 is 14.8 Å². The lowest BCUT2D eigenvalue weighted by molar-refractivity contribution is -0.126. The van der Waals surface area contributed by atoms with Gasteiger partial charge in [-0.2, -0.15) is 0 Å². The highest BCUT2D eigenvalue weighted by atomic mass is 35.5. The first-order valence-corrected chi connectivity index (χ1v) is 10.2. The van der Waals surface area contributed by atoms with E-state index in [-0.39, 0.29) is 18.0 Å². The average Bonchev–Trinajstić information content (AvgIpc) is 2.71. The number of hydrogen-bond acceptors (Lipinski definition) is 4. The van der Waals surface area contributed by atoms with E-state index < -0.39 is 0 Å². The Morgan fingerprint density at radius 2 is 1.90 bits per heavy atom. The van der Waals surface area contributed by atoms with Gasteiger partial charge in [-0.3, -0.25) is 9.59 Å². The number of aromatic nitrogens is 2. The smallest absolute Gasteiger partial charge is 0.258 e. The molecule has 2 aromatic carbocycles. The molecule has 0 radical (unpaired) electrons. The Hall–Kier alpha value is -3.12. The maximum absolute atomic E-state index is 12.8. The van der Waals surface area contributed by atoms with E-state index in [1.54, 1.807) is 35.3 Å². The molecule has 156 valence electrons. The van der Waals surface area contributed by atoms with E-state index in [1.807, 2.05) is 50.2 Å². The third kappa shape index (κ3) is 5.27. The van der Waals surface area contributed by atoms with Gasteiger partial charge in [-0.15, -0.1) is 0 Å². The second-order valence-electron chi connectivity index (χ2n) is 7.25. The van der Waals surface area contributed by atoms with E-state index in [0.717, 1.165) is 17.7 Å². The number of rotatable bonds is 7. The molecule has 1 heterocycles. The van der Waals surface area contributed by atoms with Crippen LogP contribution in [0.2, 0.25) is 5.02 Å². The SMILES string of the molecule is CCCN(Cc1nc2cc(Cl)ccc2c(=O)[nH]1)C(=O)/C=C/c1ccc(N(C)C)cc1. The van der Waals surface area contributed by atoms with Crippen molar-refractivity contribution >= 4 is 40.2 Å². The van der Waals surface area contributed by atoms with Crippen molar-refractivity contribution in [1.82, 2.24) is 14.9 Å². The van der Waals surface area contributed by atoms with Crippen LogP contribution in [0.5, 0.6) is 0 Å². The number of hydrogen-bond donors (Lipinski definition) is 1. The quantitative estimate of drug-likeness (QED) is 0.580. The number of amides is 1. The van der Waals surface area contributed by atoms with Crippen LogP contribution in [-0.2, 0) is 11.3 Å². The lowest BCUT2D eigenvalue weighted by Gasteiger charge is -2.20. The van der Waals surface area contributed by atoms with Gasteiger partial charge in [0.15, 0.2) is 0 Å². The number of fused-ring (bicyclic) bond motifs is 1. The van der Waals surface area contributed by atoms with Crippen molar-refractivity contribution < 1.29 is 4.79 Å². The fraction of sp³-hybridized carbons (Fsp3) is 0.261. The molecule has 1 amide bonds. The lowest BCUT2D eigenvalue weighted by atomic mass is 10.2. The summed E-state index contributed by atoms with van der Waals surface area (Å²) in [5, 5.41) is 0.980. The fourth-order valence-electron chi connectivity index (χ4n) is 3.11. The molecule has 0 aliphatic carbocycles. The number of halogens is 1. The van der Waals surface area contributed by atoms with E-state index in [1.165, 1.54) is 0 Å². The van der Waals surface area contributed by atoms with Crippen molar-refractivity contribution in [2.45, 2.75) is 19.9 Å². The van der Waals surface area contributed by atoms with Crippen LogP contribution in [-0.4, -0.2) is 41.4 Å². The van der Waals surface area contributed by atoms with Gasteiger partial charge in [-0.05, 0) is 48.4 Å². The Bertz CT molecular complexity index is 1120. The Morgan fingerprint density at radius 1 is 1.17 bits per heavy atom. The van der Waals surface area contributed by atoms with Gasteiger partial charge in [0.25, 0.3) is 5.56 Å².